The van der Waals surface area contributed by atoms with Crippen LogP contribution in [0.2, 0.25) is 0 Å². The number of para-hydroxylation sites is 1. The van der Waals surface area contributed by atoms with Gasteiger partial charge in [0, 0.05) is 11.4 Å². The van der Waals surface area contributed by atoms with Crippen molar-refractivity contribution in [1.82, 2.24) is 19.7 Å². The van der Waals surface area contributed by atoms with E-state index in [0.717, 1.165) is 42.1 Å². The summed E-state index contributed by atoms with van der Waals surface area (Å²) in [6.07, 6.45) is 3.92. The Balaban J connectivity index is 1.58. The van der Waals surface area contributed by atoms with Crippen LogP contribution in [-0.2, 0) is 12.3 Å². The first-order valence-electron chi connectivity index (χ1n) is 9.29. The van der Waals surface area contributed by atoms with Crippen LogP contribution >= 0.6 is 11.8 Å². The molecular formula is C21H24N4S. The third-order valence-corrected chi connectivity index (χ3v) is 5.74. The predicted molar refractivity (Wildman–Crippen MR) is 106 cm³/mol. The van der Waals surface area contributed by atoms with Crippen molar-refractivity contribution in [1.29, 1.82) is 0 Å². The zero-order chi connectivity index (χ0) is 17.6. The van der Waals surface area contributed by atoms with E-state index < -0.39 is 0 Å². The molecule has 4 nitrogen and oxygen atoms in total. The average molecular weight is 365 g/mol. The molecule has 0 spiro atoms. The summed E-state index contributed by atoms with van der Waals surface area (Å²) in [5, 5.41) is 10.0. The number of hydrogen-bond donors (Lipinski definition) is 0. The monoisotopic (exact) mass is 364 g/mol. The van der Waals surface area contributed by atoms with E-state index in [0.29, 0.717) is 0 Å². The van der Waals surface area contributed by atoms with Gasteiger partial charge in [-0.1, -0.05) is 66.7 Å². The van der Waals surface area contributed by atoms with Gasteiger partial charge in [-0.3, -0.25) is 9.47 Å². The van der Waals surface area contributed by atoms with Gasteiger partial charge >= 0.3 is 0 Å². The normalized spacial score (nSPS) is 15.2. The molecule has 1 fully saturated rings. The van der Waals surface area contributed by atoms with Gasteiger partial charge in [-0.2, -0.15) is 0 Å². The summed E-state index contributed by atoms with van der Waals surface area (Å²) in [6.45, 7) is 3.19. The molecule has 1 aliphatic rings. The lowest BCUT2D eigenvalue weighted by molar-refractivity contribution is 0.214. The molecule has 3 aromatic rings. The van der Waals surface area contributed by atoms with Gasteiger partial charge in [0.15, 0.2) is 11.0 Å². The zero-order valence-corrected chi connectivity index (χ0v) is 15.7. The van der Waals surface area contributed by atoms with E-state index in [1.165, 1.54) is 24.8 Å². The maximum absolute atomic E-state index is 4.55. The van der Waals surface area contributed by atoms with Crippen LogP contribution in [0.5, 0.6) is 0 Å². The minimum absolute atomic E-state index is 0.869. The molecular weight excluding hydrogens is 340 g/mol. The van der Waals surface area contributed by atoms with Crippen molar-refractivity contribution < 1.29 is 0 Å². The molecule has 0 N–H and O–H groups in total. The lowest BCUT2D eigenvalue weighted by atomic mass is 10.1. The molecule has 1 saturated heterocycles. The third kappa shape index (κ3) is 4.17. The minimum atomic E-state index is 0.869. The summed E-state index contributed by atoms with van der Waals surface area (Å²) in [7, 11) is 0. The second kappa shape index (κ2) is 8.52. The van der Waals surface area contributed by atoms with E-state index >= 15 is 0 Å². The van der Waals surface area contributed by atoms with Gasteiger partial charge in [0.2, 0.25) is 0 Å². The standard InChI is InChI=1S/C21H24N4S/c1-4-10-18(11-5-1)17-26-21-23-22-20(16-24-14-8-3-9-15-24)25(21)19-12-6-2-7-13-19/h1-2,4-7,10-13H,3,8-9,14-17H2. The first-order chi connectivity index (χ1) is 12.9. The maximum atomic E-state index is 4.55. The van der Waals surface area contributed by atoms with Crippen LogP contribution in [0, 0.1) is 0 Å². The minimum Gasteiger partial charge on any atom is -0.296 e. The van der Waals surface area contributed by atoms with Gasteiger partial charge < -0.3 is 0 Å². The lowest BCUT2D eigenvalue weighted by Gasteiger charge is -2.26. The van der Waals surface area contributed by atoms with Crippen molar-refractivity contribution in [2.45, 2.75) is 36.7 Å². The van der Waals surface area contributed by atoms with Crippen LogP contribution < -0.4 is 0 Å². The van der Waals surface area contributed by atoms with Crippen molar-refractivity contribution in [3.63, 3.8) is 0 Å². The molecule has 0 amide bonds. The molecule has 0 saturated carbocycles. The average Bonchev–Trinajstić information content (AvgIpc) is 3.11. The Morgan fingerprint density at radius 2 is 1.50 bits per heavy atom. The summed E-state index contributed by atoms with van der Waals surface area (Å²) in [4.78, 5) is 2.50. The molecule has 1 aromatic heterocycles. The molecule has 0 aliphatic carbocycles. The molecule has 26 heavy (non-hydrogen) atoms. The van der Waals surface area contributed by atoms with E-state index in [1.54, 1.807) is 11.8 Å². The summed E-state index contributed by atoms with van der Waals surface area (Å²) in [5.74, 6) is 1.93. The van der Waals surface area contributed by atoms with Crippen molar-refractivity contribution in [2.24, 2.45) is 0 Å². The predicted octanol–water partition coefficient (Wildman–Crippen LogP) is 4.55. The molecule has 0 bridgehead atoms. The fourth-order valence-corrected chi connectivity index (χ4v) is 4.30. The number of benzene rings is 2. The van der Waals surface area contributed by atoms with Crippen LogP contribution in [0.1, 0.15) is 30.7 Å². The number of rotatable bonds is 6. The summed E-state index contributed by atoms with van der Waals surface area (Å²) in [6, 6.07) is 21.0. The highest BCUT2D eigenvalue weighted by Crippen LogP contribution is 2.26. The summed E-state index contributed by atoms with van der Waals surface area (Å²) in [5.41, 5.74) is 2.44. The quantitative estimate of drug-likeness (QED) is 0.601. The van der Waals surface area contributed by atoms with Crippen LogP contribution in [0.3, 0.4) is 0 Å². The molecule has 0 radical (unpaired) electrons. The summed E-state index contributed by atoms with van der Waals surface area (Å²) >= 11 is 1.75. The van der Waals surface area contributed by atoms with E-state index in [2.05, 4.69) is 80.3 Å². The van der Waals surface area contributed by atoms with Crippen LogP contribution in [0.4, 0.5) is 0 Å². The Morgan fingerprint density at radius 3 is 2.23 bits per heavy atom. The van der Waals surface area contributed by atoms with E-state index in [1.807, 2.05) is 0 Å². The smallest absolute Gasteiger partial charge is 0.196 e. The molecule has 5 heteroatoms. The fourth-order valence-electron chi connectivity index (χ4n) is 3.37. The second-order valence-electron chi connectivity index (χ2n) is 6.68. The highest BCUT2D eigenvalue weighted by Gasteiger charge is 2.18. The Kier molecular flexibility index (Phi) is 5.67. The van der Waals surface area contributed by atoms with Crippen LogP contribution in [0.25, 0.3) is 5.69 Å². The number of aromatic nitrogens is 3. The number of thioether (sulfide) groups is 1. The summed E-state index contributed by atoms with van der Waals surface area (Å²) < 4.78 is 2.22. The molecule has 0 atom stereocenters. The van der Waals surface area contributed by atoms with Gasteiger partial charge in [0.1, 0.15) is 0 Å². The Hall–Kier alpha value is -2.11. The highest BCUT2D eigenvalue weighted by atomic mass is 32.2. The number of likely N-dealkylation sites (tertiary alicyclic amines) is 1. The van der Waals surface area contributed by atoms with Gasteiger partial charge in [-0.25, -0.2) is 0 Å². The molecule has 1 aliphatic heterocycles. The van der Waals surface area contributed by atoms with E-state index in [4.69, 9.17) is 0 Å². The zero-order valence-electron chi connectivity index (χ0n) is 14.9. The van der Waals surface area contributed by atoms with Crippen LogP contribution in [-0.4, -0.2) is 32.8 Å². The molecule has 0 unspecified atom stereocenters. The molecule has 134 valence electrons. The van der Waals surface area contributed by atoms with Gasteiger partial charge in [0.25, 0.3) is 0 Å². The van der Waals surface area contributed by atoms with Crippen LogP contribution in [0.15, 0.2) is 65.8 Å². The topological polar surface area (TPSA) is 34.0 Å². The Bertz CT molecular complexity index is 811. The number of piperidine rings is 1. The maximum Gasteiger partial charge on any atom is 0.196 e. The molecule has 4 rings (SSSR count). The molecule has 2 aromatic carbocycles. The second-order valence-corrected chi connectivity index (χ2v) is 7.62. The van der Waals surface area contributed by atoms with Crippen molar-refractivity contribution >= 4 is 11.8 Å². The van der Waals surface area contributed by atoms with Gasteiger partial charge in [-0.05, 0) is 43.6 Å². The SMILES string of the molecule is c1ccc(CSc2nnc(CN3CCCCC3)n2-c2ccccc2)cc1. The molecule has 2 heterocycles. The van der Waals surface area contributed by atoms with Crippen molar-refractivity contribution in [3.8, 4) is 5.69 Å². The highest BCUT2D eigenvalue weighted by molar-refractivity contribution is 7.98. The first-order valence-corrected chi connectivity index (χ1v) is 10.3. The van der Waals surface area contributed by atoms with Gasteiger partial charge in [-0.15, -0.1) is 10.2 Å². The third-order valence-electron chi connectivity index (χ3n) is 4.74. The van der Waals surface area contributed by atoms with E-state index in [9.17, 15) is 0 Å². The Morgan fingerprint density at radius 1 is 0.808 bits per heavy atom. The van der Waals surface area contributed by atoms with E-state index in [-0.39, 0.29) is 0 Å². The van der Waals surface area contributed by atoms with Gasteiger partial charge in [0.05, 0.1) is 6.54 Å². The largest absolute Gasteiger partial charge is 0.296 e. The Labute approximate surface area is 159 Å². The fraction of sp³-hybridized carbons (Fsp3) is 0.333. The van der Waals surface area contributed by atoms with Crippen molar-refractivity contribution in [3.05, 3.63) is 72.1 Å². The number of nitrogens with zero attached hydrogens (tertiary/aromatic N) is 4. The first kappa shape index (κ1) is 17.3. The number of hydrogen-bond acceptors (Lipinski definition) is 4. The van der Waals surface area contributed by atoms with Crippen molar-refractivity contribution in [2.75, 3.05) is 13.1 Å². The lowest BCUT2D eigenvalue weighted by Crippen LogP contribution is -2.30.